The van der Waals surface area contributed by atoms with E-state index < -0.39 is 12.1 Å². The smallest absolute Gasteiger partial charge is 0.342 e. The molecule has 0 aliphatic heterocycles. The Kier molecular flexibility index (Phi) is 6.78. The number of benzene rings is 2. The van der Waals surface area contributed by atoms with Crippen LogP contribution in [0.1, 0.15) is 41.3 Å². The second kappa shape index (κ2) is 9.04. The summed E-state index contributed by atoms with van der Waals surface area (Å²) in [5, 5.41) is 2.83. The van der Waals surface area contributed by atoms with Crippen LogP contribution < -0.4 is 10.1 Å². The van der Waals surface area contributed by atoms with Gasteiger partial charge >= 0.3 is 5.97 Å². The lowest BCUT2D eigenvalue weighted by Crippen LogP contribution is -2.37. The van der Waals surface area contributed by atoms with Crippen LogP contribution in [0.3, 0.4) is 0 Å². The average Bonchev–Trinajstić information content (AvgIpc) is 2.66. The van der Waals surface area contributed by atoms with Gasteiger partial charge in [-0.15, -0.1) is 0 Å². The van der Waals surface area contributed by atoms with Crippen LogP contribution >= 0.6 is 0 Å². The molecule has 0 aliphatic rings. The Labute approximate surface area is 154 Å². The lowest BCUT2D eigenvalue weighted by atomic mass is 10.0. The number of aryl methyl sites for hydroxylation is 1. The first kappa shape index (κ1) is 19.5. The predicted octanol–water partition coefficient (Wildman–Crippen LogP) is 3.47. The van der Waals surface area contributed by atoms with E-state index in [9.17, 15) is 9.59 Å². The van der Waals surface area contributed by atoms with E-state index in [1.165, 1.54) is 7.11 Å². The number of esters is 1. The first-order valence-corrected chi connectivity index (χ1v) is 8.60. The topological polar surface area (TPSA) is 64.6 Å². The molecular weight excluding hydrogens is 330 g/mol. The Morgan fingerprint density at radius 1 is 1.08 bits per heavy atom. The monoisotopic (exact) mass is 355 g/mol. The van der Waals surface area contributed by atoms with Crippen LogP contribution in [0.4, 0.5) is 0 Å². The lowest BCUT2D eigenvalue weighted by Gasteiger charge is -2.17. The van der Waals surface area contributed by atoms with E-state index in [0.29, 0.717) is 17.9 Å². The number of hydrogen-bond donors (Lipinski definition) is 1. The Morgan fingerprint density at radius 2 is 1.77 bits per heavy atom. The fraction of sp³-hybridized carbons (Fsp3) is 0.333. The third-order valence-electron chi connectivity index (χ3n) is 4.18. The number of carbonyl (C=O) groups is 2. The van der Waals surface area contributed by atoms with Gasteiger partial charge in [-0.2, -0.15) is 0 Å². The zero-order valence-corrected chi connectivity index (χ0v) is 15.6. The molecule has 0 unspecified atom stereocenters. The summed E-state index contributed by atoms with van der Waals surface area (Å²) in [5.74, 6) is -0.317. The number of methoxy groups -OCH3 is 1. The van der Waals surface area contributed by atoms with Crippen LogP contribution in [-0.2, 0) is 9.53 Å². The largest absolute Gasteiger partial charge is 0.496 e. The third-order valence-corrected chi connectivity index (χ3v) is 4.18. The van der Waals surface area contributed by atoms with E-state index >= 15 is 0 Å². The van der Waals surface area contributed by atoms with Crippen molar-refractivity contribution in [2.24, 2.45) is 0 Å². The van der Waals surface area contributed by atoms with Gasteiger partial charge in [-0.3, -0.25) is 4.79 Å². The van der Waals surface area contributed by atoms with Crippen molar-refractivity contribution in [3.63, 3.8) is 0 Å². The molecule has 0 aromatic heterocycles. The third kappa shape index (κ3) is 5.09. The van der Waals surface area contributed by atoms with Gasteiger partial charge in [0.1, 0.15) is 11.3 Å². The molecule has 0 saturated heterocycles. The summed E-state index contributed by atoms with van der Waals surface area (Å²) in [4.78, 5) is 24.6. The molecule has 0 bridgehead atoms. The molecule has 0 spiro atoms. The van der Waals surface area contributed by atoms with Gasteiger partial charge in [0.25, 0.3) is 5.91 Å². The average molecular weight is 355 g/mol. The van der Waals surface area contributed by atoms with E-state index in [0.717, 1.165) is 11.1 Å². The first-order valence-electron chi connectivity index (χ1n) is 8.60. The number of ether oxygens (including phenoxy) is 2. The van der Waals surface area contributed by atoms with Crippen LogP contribution in [0.25, 0.3) is 0 Å². The van der Waals surface area contributed by atoms with E-state index in [4.69, 9.17) is 9.47 Å². The van der Waals surface area contributed by atoms with Gasteiger partial charge in [-0.25, -0.2) is 4.79 Å². The second-order valence-electron chi connectivity index (χ2n) is 6.31. The summed E-state index contributed by atoms with van der Waals surface area (Å²) in [6, 6.07) is 15.2. The fourth-order valence-corrected chi connectivity index (χ4v) is 2.56. The number of carbonyl (C=O) groups excluding carboxylic acids is 2. The molecule has 0 heterocycles. The lowest BCUT2D eigenvalue weighted by molar-refractivity contribution is -0.129. The van der Waals surface area contributed by atoms with Crippen LogP contribution in [-0.4, -0.2) is 31.6 Å². The quantitative estimate of drug-likeness (QED) is 0.773. The highest BCUT2D eigenvalue weighted by atomic mass is 16.5. The maximum absolute atomic E-state index is 12.4. The summed E-state index contributed by atoms with van der Waals surface area (Å²) in [6.45, 7) is 5.93. The van der Waals surface area contributed by atoms with Gasteiger partial charge < -0.3 is 14.8 Å². The van der Waals surface area contributed by atoms with Gasteiger partial charge in [0, 0.05) is 6.54 Å². The van der Waals surface area contributed by atoms with Gasteiger partial charge in [0.15, 0.2) is 6.10 Å². The Hall–Kier alpha value is -2.82. The zero-order chi connectivity index (χ0) is 19.1. The second-order valence-corrected chi connectivity index (χ2v) is 6.31. The van der Waals surface area contributed by atoms with Crippen molar-refractivity contribution in [3.05, 3.63) is 65.2 Å². The molecule has 2 rings (SSSR count). The highest BCUT2D eigenvalue weighted by molar-refractivity contribution is 5.94. The molecule has 0 fully saturated rings. The number of nitrogens with one attached hydrogen (secondary N) is 1. The standard InChI is InChI=1S/C21H25NO4/c1-14-10-11-19(25-4)18(12-14)21(24)26-16(3)20(23)22-13-15(2)17-8-6-5-7-9-17/h5-12,15-16H,13H2,1-4H3,(H,22,23)/t15-,16+/m1/s1. The molecule has 138 valence electrons. The minimum absolute atomic E-state index is 0.167. The minimum atomic E-state index is -0.893. The molecule has 5 nitrogen and oxygen atoms in total. The molecule has 0 radical (unpaired) electrons. The van der Waals surface area contributed by atoms with E-state index in [1.807, 2.05) is 50.2 Å². The van der Waals surface area contributed by atoms with Crippen LogP contribution in [0.5, 0.6) is 5.75 Å². The molecule has 1 amide bonds. The highest BCUT2D eigenvalue weighted by Gasteiger charge is 2.21. The minimum Gasteiger partial charge on any atom is -0.496 e. The number of amides is 1. The van der Waals surface area contributed by atoms with Crippen molar-refractivity contribution in [1.82, 2.24) is 5.32 Å². The van der Waals surface area contributed by atoms with Gasteiger partial charge in [0.2, 0.25) is 0 Å². The Morgan fingerprint density at radius 3 is 2.42 bits per heavy atom. The molecule has 2 aromatic rings. The summed E-state index contributed by atoms with van der Waals surface area (Å²) in [7, 11) is 1.49. The summed E-state index contributed by atoms with van der Waals surface area (Å²) < 4.78 is 10.5. The van der Waals surface area contributed by atoms with Crippen LogP contribution in [0.15, 0.2) is 48.5 Å². The summed E-state index contributed by atoms with van der Waals surface area (Å²) in [6.07, 6.45) is -0.893. The highest BCUT2D eigenvalue weighted by Crippen LogP contribution is 2.21. The predicted molar refractivity (Wildman–Crippen MR) is 100 cm³/mol. The van der Waals surface area contributed by atoms with Crippen molar-refractivity contribution < 1.29 is 19.1 Å². The molecule has 0 aliphatic carbocycles. The summed E-state index contributed by atoms with van der Waals surface area (Å²) >= 11 is 0. The van der Waals surface area contributed by atoms with E-state index in [-0.39, 0.29) is 11.8 Å². The molecular formula is C21H25NO4. The van der Waals surface area contributed by atoms with Crippen molar-refractivity contribution in [3.8, 4) is 5.75 Å². The van der Waals surface area contributed by atoms with Gasteiger partial charge in [-0.1, -0.05) is 48.9 Å². The molecule has 26 heavy (non-hydrogen) atoms. The van der Waals surface area contributed by atoms with E-state index in [1.54, 1.807) is 19.1 Å². The molecule has 2 atom stereocenters. The van der Waals surface area contributed by atoms with E-state index in [2.05, 4.69) is 5.32 Å². The van der Waals surface area contributed by atoms with Crippen molar-refractivity contribution >= 4 is 11.9 Å². The Balaban J connectivity index is 1.92. The Bertz CT molecular complexity index is 758. The first-order chi connectivity index (χ1) is 12.4. The maximum atomic E-state index is 12.4. The maximum Gasteiger partial charge on any atom is 0.342 e. The fourth-order valence-electron chi connectivity index (χ4n) is 2.56. The normalized spacial score (nSPS) is 12.8. The van der Waals surface area contributed by atoms with Crippen molar-refractivity contribution in [2.45, 2.75) is 32.8 Å². The van der Waals surface area contributed by atoms with Crippen LogP contribution in [0.2, 0.25) is 0 Å². The molecule has 1 N–H and O–H groups in total. The SMILES string of the molecule is COc1ccc(C)cc1C(=O)O[C@@H](C)C(=O)NC[C@@H](C)c1ccccc1. The van der Waals surface area contributed by atoms with Gasteiger partial charge in [-0.05, 0) is 37.5 Å². The molecule has 0 saturated carbocycles. The number of hydrogen-bond acceptors (Lipinski definition) is 4. The van der Waals surface area contributed by atoms with Crippen LogP contribution in [0, 0.1) is 6.92 Å². The van der Waals surface area contributed by atoms with Crippen molar-refractivity contribution in [1.29, 1.82) is 0 Å². The van der Waals surface area contributed by atoms with Gasteiger partial charge in [0.05, 0.1) is 7.11 Å². The molecule has 2 aromatic carbocycles. The summed E-state index contributed by atoms with van der Waals surface area (Å²) in [5.41, 5.74) is 2.36. The zero-order valence-electron chi connectivity index (χ0n) is 15.6. The van der Waals surface area contributed by atoms with Crippen molar-refractivity contribution in [2.75, 3.05) is 13.7 Å². The number of rotatable bonds is 7. The molecule has 5 heteroatoms.